The minimum atomic E-state index is 0. The molecule has 4 nitrogen and oxygen atoms in total. The standard InChI is InChI=1S/C27H16N3.C12H10N.Ir/c1-2-8-19(9-3-1)28-16-17-29(18-28)25-15-7-13-23-22-12-6-11-21-20-10-4-5-14-24(20)30(26(21)22)27(23)25;1-10-7-8-12(13-9-10)11-5-3-2-4-6-11;/h1-14,16-17H;2-5,7-9H,1H3;/q2*-1;+3. The van der Waals surface area contributed by atoms with Gasteiger partial charge in [0.1, 0.15) is 0 Å². The maximum absolute atomic E-state index is 4.32. The van der Waals surface area contributed by atoms with Crippen molar-refractivity contribution in [3.8, 4) is 22.6 Å². The van der Waals surface area contributed by atoms with Crippen LogP contribution in [0.4, 0.5) is 0 Å². The molecule has 210 valence electrons. The SMILES string of the molecule is Cc1ccc(-c2[c-]cccc2)nc1.[Ir+3].[c-]1ccc2c3cccc4c5ccccc5n(c2c1-n1[c-][n+](-c2ccccc2)cc1)c43. The van der Waals surface area contributed by atoms with Crippen LogP contribution in [0.2, 0.25) is 0 Å². The molecule has 0 atom stereocenters. The molecule has 0 aliphatic carbocycles. The topological polar surface area (TPSA) is 26.1 Å². The zero-order chi connectivity index (χ0) is 28.8. The van der Waals surface area contributed by atoms with Crippen LogP contribution < -0.4 is 4.57 Å². The van der Waals surface area contributed by atoms with Crippen molar-refractivity contribution in [3.05, 3.63) is 164 Å². The number of nitrogens with zero attached hydrogens (tertiary/aromatic N) is 4. The van der Waals surface area contributed by atoms with Gasteiger partial charge in [-0.2, -0.15) is 18.2 Å². The van der Waals surface area contributed by atoms with Crippen molar-refractivity contribution in [2.45, 2.75) is 6.92 Å². The number of rotatable bonds is 3. The number of fused-ring (bicyclic) bond motifs is 6. The van der Waals surface area contributed by atoms with Gasteiger partial charge in [-0.1, -0.05) is 66.7 Å². The summed E-state index contributed by atoms with van der Waals surface area (Å²) in [6.45, 7) is 2.03. The van der Waals surface area contributed by atoms with Crippen LogP contribution in [0.1, 0.15) is 5.56 Å². The van der Waals surface area contributed by atoms with E-state index in [1.54, 1.807) is 0 Å². The van der Waals surface area contributed by atoms with Crippen molar-refractivity contribution in [2.75, 3.05) is 0 Å². The molecule has 9 rings (SSSR count). The summed E-state index contributed by atoms with van der Waals surface area (Å²) in [5.41, 5.74) is 8.95. The number of aromatic nitrogens is 4. The number of hydrogen-bond acceptors (Lipinski definition) is 1. The van der Waals surface area contributed by atoms with Gasteiger partial charge in [-0.25, -0.2) is 0 Å². The third kappa shape index (κ3) is 4.67. The molecule has 9 aromatic rings. The molecule has 5 aromatic carbocycles. The van der Waals surface area contributed by atoms with Gasteiger partial charge in [-0.15, -0.1) is 41.3 Å². The minimum absolute atomic E-state index is 0. The second-order valence-electron chi connectivity index (χ2n) is 10.6. The summed E-state index contributed by atoms with van der Waals surface area (Å²) in [5.74, 6) is 0. The van der Waals surface area contributed by atoms with Crippen LogP contribution in [-0.4, -0.2) is 14.0 Å². The summed E-state index contributed by atoms with van der Waals surface area (Å²) in [7, 11) is 0. The Morgan fingerprint density at radius 2 is 1.41 bits per heavy atom. The monoisotopic (exact) mass is 743 g/mol. The number of pyridine rings is 1. The van der Waals surface area contributed by atoms with Crippen molar-refractivity contribution >= 4 is 38.1 Å². The van der Waals surface area contributed by atoms with E-state index < -0.39 is 0 Å². The molecule has 0 aliphatic rings. The summed E-state index contributed by atoms with van der Waals surface area (Å²) in [4.78, 5) is 4.32. The van der Waals surface area contributed by atoms with Gasteiger partial charge in [0.15, 0.2) is 0 Å². The zero-order valence-corrected chi connectivity index (χ0v) is 26.3. The molecule has 44 heavy (non-hydrogen) atoms. The van der Waals surface area contributed by atoms with Gasteiger partial charge in [0.25, 0.3) is 6.33 Å². The van der Waals surface area contributed by atoms with E-state index in [-0.39, 0.29) is 20.1 Å². The van der Waals surface area contributed by atoms with Gasteiger partial charge < -0.3 is 14.0 Å². The van der Waals surface area contributed by atoms with E-state index in [1.165, 1.54) is 38.1 Å². The van der Waals surface area contributed by atoms with E-state index in [0.29, 0.717) is 0 Å². The molecule has 0 bridgehead atoms. The fourth-order valence-corrected chi connectivity index (χ4v) is 5.93. The molecular weight excluding hydrogens is 717 g/mol. The van der Waals surface area contributed by atoms with Crippen LogP contribution in [0.3, 0.4) is 0 Å². The summed E-state index contributed by atoms with van der Waals surface area (Å²) in [6.07, 6.45) is 9.42. The van der Waals surface area contributed by atoms with Crippen molar-refractivity contribution in [2.24, 2.45) is 0 Å². The number of imidazole rings is 1. The fourth-order valence-electron chi connectivity index (χ4n) is 5.93. The number of benzene rings is 5. The fraction of sp³-hybridized carbons (Fsp3) is 0.0256. The molecule has 0 N–H and O–H groups in total. The maximum atomic E-state index is 4.32. The van der Waals surface area contributed by atoms with Crippen LogP contribution >= 0.6 is 0 Å². The summed E-state index contributed by atoms with van der Waals surface area (Å²) in [6, 6.07) is 48.2. The van der Waals surface area contributed by atoms with E-state index in [9.17, 15) is 0 Å². The van der Waals surface area contributed by atoms with E-state index in [2.05, 4.69) is 94.6 Å². The van der Waals surface area contributed by atoms with E-state index in [1.807, 2.05) is 89.2 Å². The maximum Gasteiger partial charge on any atom is 3.00 e. The predicted molar refractivity (Wildman–Crippen MR) is 173 cm³/mol. The Bertz CT molecular complexity index is 2340. The Morgan fingerprint density at radius 3 is 2.20 bits per heavy atom. The van der Waals surface area contributed by atoms with E-state index >= 15 is 0 Å². The van der Waals surface area contributed by atoms with Crippen molar-refractivity contribution in [3.63, 3.8) is 0 Å². The molecule has 0 amide bonds. The van der Waals surface area contributed by atoms with E-state index in [4.69, 9.17) is 0 Å². The molecule has 0 fully saturated rings. The number of hydrogen-bond donors (Lipinski definition) is 0. The Balaban J connectivity index is 0.000000189. The minimum Gasteiger partial charge on any atom is -0.367 e. The average Bonchev–Trinajstić information content (AvgIpc) is 3.79. The predicted octanol–water partition coefficient (Wildman–Crippen LogP) is 8.36. The smallest absolute Gasteiger partial charge is 0.367 e. The molecule has 4 heterocycles. The Hall–Kier alpha value is -5.09. The quantitative estimate of drug-likeness (QED) is 0.132. The van der Waals surface area contributed by atoms with Gasteiger partial charge >= 0.3 is 20.1 Å². The van der Waals surface area contributed by atoms with Gasteiger partial charge in [0, 0.05) is 40.4 Å². The largest absolute Gasteiger partial charge is 3.00 e. The van der Waals surface area contributed by atoms with Gasteiger partial charge in [0.2, 0.25) is 0 Å². The second-order valence-corrected chi connectivity index (χ2v) is 10.6. The Kier molecular flexibility index (Phi) is 7.27. The van der Waals surface area contributed by atoms with Crippen LogP contribution in [0, 0.1) is 25.4 Å². The normalized spacial score (nSPS) is 11.1. The van der Waals surface area contributed by atoms with Crippen LogP contribution in [0.25, 0.3) is 60.7 Å². The molecule has 0 aliphatic heterocycles. The number of aryl methyl sites for hydroxylation is 1. The first kappa shape index (κ1) is 27.7. The van der Waals surface area contributed by atoms with Gasteiger partial charge in [-0.3, -0.25) is 4.57 Å². The number of para-hydroxylation sites is 3. The van der Waals surface area contributed by atoms with Crippen LogP contribution in [0.15, 0.2) is 140 Å². The Labute approximate surface area is 269 Å². The third-order valence-electron chi connectivity index (χ3n) is 7.91. The molecular formula is C39H26IrN4+. The Morgan fingerprint density at radius 1 is 0.659 bits per heavy atom. The van der Waals surface area contributed by atoms with E-state index in [0.717, 1.165) is 28.1 Å². The summed E-state index contributed by atoms with van der Waals surface area (Å²) in [5, 5.41) is 5.09. The molecule has 0 radical (unpaired) electrons. The zero-order valence-electron chi connectivity index (χ0n) is 23.9. The van der Waals surface area contributed by atoms with Gasteiger partial charge in [0.05, 0.1) is 5.69 Å². The molecule has 4 aromatic heterocycles. The average molecular weight is 743 g/mol. The van der Waals surface area contributed by atoms with Crippen molar-refractivity contribution in [1.82, 2.24) is 14.0 Å². The first-order chi connectivity index (χ1) is 21.3. The van der Waals surface area contributed by atoms with Crippen LogP contribution in [-0.2, 0) is 20.1 Å². The summed E-state index contributed by atoms with van der Waals surface area (Å²) >= 11 is 0. The second kappa shape index (κ2) is 11.5. The van der Waals surface area contributed by atoms with Crippen LogP contribution in [0.5, 0.6) is 0 Å². The molecule has 5 heteroatoms. The van der Waals surface area contributed by atoms with Crippen molar-refractivity contribution < 1.29 is 24.7 Å². The first-order valence-corrected chi connectivity index (χ1v) is 14.3. The summed E-state index contributed by atoms with van der Waals surface area (Å²) < 4.78 is 6.44. The van der Waals surface area contributed by atoms with Gasteiger partial charge in [-0.05, 0) is 53.0 Å². The molecule has 0 unspecified atom stereocenters. The molecule has 0 spiro atoms. The van der Waals surface area contributed by atoms with Crippen molar-refractivity contribution in [1.29, 1.82) is 0 Å². The third-order valence-corrected chi connectivity index (χ3v) is 7.91. The molecule has 0 saturated heterocycles. The molecule has 0 saturated carbocycles. The first-order valence-electron chi connectivity index (χ1n) is 14.3.